The zero-order chi connectivity index (χ0) is 27.2. The smallest absolute Gasteiger partial charge is 0.323 e. The molecule has 0 aromatic heterocycles. The summed E-state index contributed by atoms with van der Waals surface area (Å²) < 4.78 is 19.1. The van der Waals surface area contributed by atoms with Gasteiger partial charge in [0.25, 0.3) is 5.91 Å². The molecule has 2 atom stereocenters. The standard InChI is InChI=1S/C29H32ClFN4O3/c1-19-4-11-25(12-5-19)32-29(37)33-26-14-23(30)8-13-27(26)38-18-28(36)35-16-20(2)34(15-21(35)3)17-22-6-9-24(31)10-7-22/h4-14,20-21H,15-18H2,1-3H3,(H2,32,33,37)/t20-,21+/m0/s1. The van der Waals surface area contributed by atoms with Crippen molar-refractivity contribution in [1.82, 2.24) is 9.80 Å². The van der Waals surface area contributed by atoms with Gasteiger partial charge in [-0.05, 0) is 68.8 Å². The Morgan fingerprint density at radius 3 is 2.39 bits per heavy atom. The summed E-state index contributed by atoms with van der Waals surface area (Å²) in [5.74, 6) is -0.0511. The average Bonchev–Trinajstić information content (AvgIpc) is 2.88. The van der Waals surface area contributed by atoms with Crippen molar-refractivity contribution < 1.29 is 18.7 Å². The molecule has 3 amide bonds. The van der Waals surface area contributed by atoms with Crippen molar-refractivity contribution in [3.8, 4) is 5.75 Å². The lowest BCUT2D eigenvalue weighted by atomic mass is 10.1. The van der Waals surface area contributed by atoms with Crippen molar-refractivity contribution in [2.24, 2.45) is 0 Å². The first-order valence-electron chi connectivity index (χ1n) is 12.5. The van der Waals surface area contributed by atoms with Gasteiger partial charge in [0.2, 0.25) is 0 Å². The zero-order valence-corrected chi connectivity index (χ0v) is 22.5. The molecular weight excluding hydrogens is 507 g/mol. The van der Waals surface area contributed by atoms with E-state index in [0.29, 0.717) is 41.8 Å². The fraction of sp³-hybridized carbons (Fsp3) is 0.310. The first-order chi connectivity index (χ1) is 18.2. The van der Waals surface area contributed by atoms with Gasteiger partial charge in [0.05, 0.1) is 5.69 Å². The summed E-state index contributed by atoms with van der Waals surface area (Å²) >= 11 is 6.15. The van der Waals surface area contributed by atoms with Gasteiger partial charge in [0.15, 0.2) is 6.61 Å². The number of hydrogen-bond acceptors (Lipinski definition) is 4. The average molecular weight is 539 g/mol. The number of amides is 3. The number of halogens is 2. The number of urea groups is 1. The van der Waals surface area contributed by atoms with E-state index in [9.17, 15) is 14.0 Å². The maximum Gasteiger partial charge on any atom is 0.323 e. The number of anilines is 2. The molecule has 0 unspecified atom stereocenters. The van der Waals surface area contributed by atoms with Crippen LogP contribution in [0.4, 0.5) is 20.6 Å². The van der Waals surface area contributed by atoms with Crippen molar-refractivity contribution >= 4 is 34.9 Å². The van der Waals surface area contributed by atoms with E-state index in [1.54, 1.807) is 30.3 Å². The van der Waals surface area contributed by atoms with E-state index in [4.69, 9.17) is 16.3 Å². The van der Waals surface area contributed by atoms with Crippen molar-refractivity contribution in [1.29, 1.82) is 0 Å². The fourth-order valence-electron chi connectivity index (χ4n) is 4.46. The number of aryl methyl sites for hydroxylation is 1. The lowest BCUT2D eigenvalue weighted by Crippen LogP contribution is -2.58. The monoisotopic (exact) mass is 538 g/mol. The topological polar surface area (TPSA) is 73.9 Å². The van der Waals surface area contributed by atoms with Crippen LogP contribution in [0.25, 0.3) is 0 Å². The van der Waals surface area contributed by atoms with Crippen molar-refractivity contribution in [2.75, 3.05) is 30.3 Å². The Labute approximate surface area is 227 Å². The van der Waals surface area contributed by atoms with Gasteiger partial charge in [-0.1, -0.05) is 41.4 Å². The van der Waals surface area contributed by atoms with Crippen LogP contribution in [0, 0.1) is 12.7 Å². The Morgan fingerprint density at radius 1 is 0.974 bits per heavy atom. The number of nitrogens with one attached hydrogen (secondary N) is 2. The molecule has 0 aliphatic carbocycles. The van der Waals surface area contributed by atoms with Crippen LogP contribution >= 0.6 is 11.6 Å². The van der Waals surface area contributed by atoms with E-state index in [-0.39, 0.29) is 30.4 Å². The van der Waals surface area contributed by atoms with Crippen molar-refractivity contribution in [3.63, 3.8) is 0 Å². The third kappa shape index (κ3) is 7.24. The van der Waals surface area contributed by atoms with E-state index >= 15 is 0 Å². The predicted octanol–water partition coefficient (Wildman–Crippen LogP) is 5.93. The highest BCUT2D eigenvalue weighted by atomic mass is 35.5. The van der Waals surface area contributed by atoms with Crippen molar-refractivity contribution in [2.45, 2.75) is 39.4 Å². The third-order valence-corrected chi connectivity index (χ3v) is 6.82. The normalized spacial score (nSPS) is 17.7. The molecule has 7 nitrogen and oxygen atoms in total. The highest BCUT2D eigenvalue weighted by Crippen LogP contribution is 2.29. The molecule has 38 heavy (non-hydrogen) atoms. The molecule has 200 valence electrons. The zero-order valence-electron chi connectivity index (χ0n) is 21.7. The Hall–Kier alpha value is -3.62. The van der Waals surface area contributed by atoms with Gasteiger partial charge < -0.3 is 20.3 Å². The van der Waals surface area contributed by atoms with E-state index < -0.39 is 6.03 Å². The SMILES string of the molecule is Cc1ccc(NC(=O)Nc2cc(Cl)ccc2OCC(=O)N2C[C@H](C)N(Cc3ccc(F)cc3)C[C@H]2C)cc1. The van der Waals surface area contributed by atoms with Crippen LogP contribution in [0.3, 0.4) is 0 Å². The maximum absolute atomic E-state index is 13.2. The van der Waals surface area contributed by atoms with E-state index in [2.05, 4.69) is 22.5 Å². The summed E-state index contributed by atoms with van der Waals surface area (Å²) in [6.07, 6.45) is 0. The third-order valence-electron chi connectivity index (χ3n) is 6.58. The summed E-state index contributed by atoms with van der Waals surface area (Å²) in [5.41, 5.74) is 3.13. The molecule has 4 rings (SSSR count). The summed E-state index contributed by atoms with van der Waals surface area (Å²) in [6, 6.07) is 18.4. The predicted molar refractivity (Wildman–Crippen MR) is 148 cm³/mol. The van der Waals surface area contributed by atoms with E-state index in [0.717, 1.165) is 11.1 Å². The van der Waals surface area contributed by atoms with Crippen LogP contribution in [-0.4, -0.2) is 53.5 Å². The lowest BCUT2D eigenvalue weighted by Gasteiger charge is -2.44. The van der Waals surface area contributed by atoms with Gasteiger partial charge in [0.1, 0.15) is 11.6 Å². The maximum atomic E-state index is 13.2. The second-order valence-corrected chi connectivity index (χ2v) is 10.1. The summed E-state index contributed by atoms with van der Waals surface area (Å²) in [5, 5.41) is 5.95. The molecular formula is C29H32ClFN4O3. The molecule has 1 aliphatic heterocycles. The number of piperazine rings is 1. The second-order valence-electron chi connectivity index (χ2n) is 9.67. The van der Waals surface area contributed by atoms with Crippen LogP contribution in [0.15, 0.2) is 66.7 Å². The van der Waals surface area contributed by atoms with E-state index in [1.807, 2.05) is 43.0 Å². The number of rotatable bonds is 7. The quantitative estimate of drug-likeness (QED) is 0.391. The van der Waals surface area contributed by atoms with Gasteiger partial charge in [-0.3, -0.25) is 9.69 Å². The Bertz CT molecular complexity index is 1270. The molecule has 3 aromatic carbocycles. The van der Waals surface area contributed by atoms with Gasteiger partial charge >= 0.3 is 6.03 Å². The van der Waals surface area contributed by atoms with Gasteiger partial charge in [-0.25, -0.2) is 9.18 Å². The van der Waals surface area contributed by atoms with Gasteiger partial charge in [-0.2, -0.15) is 0 Å². The largest absolute Gasteiger partial charge is 0.482 e. The first kappa shape index (κ1) is 27.4. The molecule has 0 radical (unpaired) electrons. The van der Waals surface area contributed by atoms with Crippen LogP contribution < -0.4 is 15.4 Å². The molecule has 9 heteroatoms. The lowest BCUT2D eigenvalue weighted by molar-refractivity contribution is -0.139. The Balaban J connectivity index is 1.34. The van der Waals surface area contributed by atoms with Crippen LogP contribution in [0.1, 0.15) is 25.0 Å². The summed E-state index contributed by atoms with van der Waals surface area (Å²) in [6.45, 7) is 7.80. The fourth-order valence-corrected chi connectivity index (χ4v) is 4.63. The van der Waals surface area contributed by atoms with Crippen LogP contribution in [-0.2, 0) is 11.3 Å². The molecule has 1 fully saturated rings. The van der Waals surface area contributed by atoms with Gasteiger partial charge in [-0.15, -0.1) is 0 Å². The summed E-state index contributed by atoms with van der Waals surface area (Å²) in [4.78, 5) is 29.8. The molecule has 1 saturated heterocycles. The highest BCUT2D eigenvalue weighted by Gasteiger charge is 2.32. The number of benzene rings is 3. The molecule has 3 aromatic rings. The van der Waals surface area contributed by atoms with E-state index in [1.165, 1.54) is 12.1 Å². The highest BCUT2D eigenvalue weighted by molar-refractivity contribution is 6.31. The first-order valence-corrected chi connectivity index (χ1v) is 12.9. The van der Waals surface area contributed by atoms with Crippen molar-refractivity contribution in [3.05, 3.63) is 88.7 Å². The number of carbonyl (C=O) groups is 2. The number of carbonyl (C=O) groups excluding carboxylic acids is 2. The van der Waals surface area contributed by atoms with Crippen LogP contribution in [0.5, 0.6) is 5.75 Å². The second kappa shape index (κ2) is 12.3. The number of hydrogen-bond donors (Lipinski definition) is 2. The number of nitrogens with zero attached hydrogens (tertiary/aromatic N) is 2. The minimum Gasteiger partial charge on any atom is -0.482 e. The minimum absolute atomic E-state index is 0.0224. The summed E-state index contributed by atoms with van der Waals surface area (Å²) in [7, 11) is 0. The number of ether oxygens (including phenoxy) is 1. The molecule has 0 bridgehead atoms. The molecule has 0 saturated carbocycles. The Kier molecular flexibility index (Phi) is 8.86. The molecule has 1 heterocycles. The molecule has 1 aliphatic rings. The molecule has 0 spiro atoms. The Morgan fingerprint density at radius 2 is 1.68 bits per heavy atom. The minimum atomic E-state index is -0.452. The van der Waals surface area contributed by atoms with Crippen LogP contribution in [0.2, 0.25) is 5.02 Å². The van der Waals surface area contributed by atoms with Gasteiger partial charge in [0, 0.05) is 42.4 Å². The molecule has 2 N–H and O–H groups in total.